The first-order valence-electron chi connectivity index (χ1n) is 6.13. The molecule has 1 unspecified atom stereocenters. The maximum absolute atomic E-state index is 12.0. The number of hydrogen-bond donors (Lipinski definition) is 1. The quantitative estimate of drug-likeness (QED) is 0.848. The standard InChI is InChI=1S/C13H18N2O2/c16-12(10-11-4-6-14-7-5-11)13(17)15-8-2-1-3-9-15/h4-7,12,16H,1-3,8-10H2. The second kappa shape index (κ2) is 5.77. The van der Waals surface area contributed by atoms with Gasteiger partial charge in [-0.3, -0.25) is 9.78 Å². The fraction of sp³-hybridized carbons (Fsp3) is 0.538. The van der Waals surface area contributed by atoms with Gasteiger partial charge in [-0.25, -0.2) is 0 Å². The Morgan fingerprint density at radius 3 is 2.59 bits per heavy atom. The van der Waals surface area contributed by atoms with Crippen molar-refractivity contribution < 1.29 is 9.90 Å². The number of likely N-dealkylation sites (tertiary alicyclic amines) is 1. The Hall–Kier alpha value is -1.42. The van der Waals surface area contributed by atoms with E-state index in [-0.39, 0.29) is 5.91 Å². The molecule has 2 heterocycles. The van der Waals surface area contributed by atoms with E-state index in [1.165, 1.54) is 6.42 Å². The molecule has 1 aromatic rings. The minimum absolute atomic E-state index is 0.137. The van der Waals surface area contributed by atoms with Crippen molar-refractivity contribution >= 4 is 5.91 Å². The second-order valence-corrected chi connectivity index (χ2v) is 4.46. The highest BCUT2D eigenvalue weighted by Crippen LogP contribution is 2.12. The Morgan fingerprint density at radius 2 is 1.94 bits per heavy atom. The average Bonchev–Trinajstić information content (AvgIpc) is 2.40. The Bertz CT molecular complexity index is 361. The number of rotatable bonds is 3. The molecule has 0 bridgehead atoms. The molecular formula is C13H18N2O2. The predicted octanol–water partition coefficient (Wildman–Crippen LogP) is 0.998. The molecule has 1 aromatic heterocycles. The molecule has 1 fully saturated rings. The molecule has 1 saturated heterocycles. The van der Waals surface area contributed by atoms with Crippen LogP contribution < -0.4 is 0 Å². The van der Waals surface area contributed by atoms with E-state index in [1.54, 1.807) is 17.3 Å². The van der Waals surface area contributed by atoms with E-state index < -0.39 is 6.10 Å². The second-order valence-electron chi connectivity index (χ2n) is 4.46. The van der Waals surface area contributed by atoms with Crippen LogP contribution in [-0.2, 0) is 11.2 Å². The summed E-state index contributed by atoms with van der Waals surface area (Å²) in [6.07, 6.45) is 6.08. The molecule has 1 amide bonds. The van der Waals surface area contributed by atoms with Crippen LogP contribution in [0.15, 0.2) is 24.5 Å². The summed E-state index contributed by atoms with van der Waals surface area (Å²) in [6, 6.07) is 3.65. The van der Waals surface area contributed by atoms with Crippen LogP contribution in [0.25, 0.3) is 0 Å². The van der Waals surface area contributed by atoms with Crippen molar-refractivity contribution in [3.8, 4) is 0 Å². The number of pyridine rings is 1. The molecule has 4 nitrogen and oxygen atoms in total. The smallest absolute Gasteiger partial charge is 0.251 e. The van der Waals surface area contributed by atoms with E-state index in [0.29, 0.717) is 6.42 Å². The van der Waals surface area contributed by atoms with Crippen molar-refractivity contribution in [2.45, 2.75) is 31.8 Å². The zero-order valence-corrected chi connectivity index (χ0v) is 9.88. The van der Waals surface area contributed by atoms with Crippen molar-refractivity contribution in [2.75, 3.05) is 13.1 Å². The molecule has 1 atom stereocenters. The number of hydrogen-bond acceptors (Lipinski definition) is 3. The predicted molar refractivity (Wildman–Crippen MR) is 64.4 cm³/mol. The molecule has 17 heavy (non-hydrogen) atoms. The molecule has 0 spiro atoms. The van der Waals surface area contributed by atoms with E-state index in [4.69, 9.17) is 0 Å². The van der Waals surface area contributed by atoms with E-state index in [0.717, 1.165) is 31.5 Å². The fourth-order valence-electron chi connectivity index (χ4n) is 2.15. The maximum atomic E-state index is 12.0. The minimum atomic E-state index is -0.921. The summed E-state index contributed by atoms with van der Waals surface area (Å²) < 4.78 is 0. The highest BCUT2D eigenvalue weighted by Gasteiger charge is 2.23. The van der Waals surface area contributed by atoms with E-state index in [1.807, 2.05) is 12.1 Å². The number of nitrogens with zero attached hydrogens (tertiary/aromatic N) is 2. The number of carbonyl (C=O) groups is 1. The number of aliphatic hydroxyl groups excluding tert-OH is 1. The van der Waals surface area contributed by atoms with Gasteiger partial charge in [-0.15, -0.1) is 0 Å². The third-order valence-corrected chi connectivity index (χ3v) is 3.13. The molecule has 0 aromatic carbocycles. The van der Waals surface area contributed by atoms with E-state index in [9.17, 15) is 9.90 Å². The topological polar surface area (TPSA) is 53.4 Å². The Balaban J connectivity index is 1.90. The van der Waals surface area contributed by atoms with Crippen molar-refractivity contribution in [3.63, 3.8) is 0 Å². The molecule has 0 aliphatic carbocycles. The molecule has 92 valence electrons. The van der Waals surface area contributed by atoms with Crippen molar-refractivity contribution in [2.24, 2.45) is 0 Å². The Labute approximate surface area is 101 Å². The van der Waals surface area contributed by atoms with Crippen molar-refractivity contribution in [3.05, 3.63) is 30.1 Å². The number of aromatic nitrogens is 1. The number of aliphatic hydroxyl groups is 1. The summed E-state index contributed by atoms with van der Waals surface area (Å²) in [5, 5.41) is 9.91. The summed E-state index contributed by atoms with van der Waals surface area (Å²) in [6.45, 7) is 1.57. The normalized spacial score (nSPS) is 17.8. The van der Waals surface area contributed by atoms with Gasteiger partial charge in [0.2, 0.25) is 0 Å². The molecule has 4 heteroatoms. The molecule has 0 radical (unpaired) electrons. The van der Waals surface area contributed by atoms with Gasteiger partial charge in [-0.1, -0.05) is 0 Å². The molecule has 1 aliphatic rings. The fourth-order valence-corrected chi connectivity index (χ4v) is 2.15. The van der Waals surface area contributed by atoms with Gasteiger partial charge in [0.05, 0.1) is 0 Å². The first kappa shape index (κ1) is 12.0. The van der Waals surface area contributed by atoms with Crippen LogP contribution in [0.1, 0.15) is 24.8 Å². The molecule has 0 saturated carbocycles. The lowest BCUT2D eigenvalue weighted by molar-refractivity contribution is -0.141. The molecule has 1 N–H and O–H groups in total. The Morgan fingerprint density at radius 1 is 1.29 bits per heavy atom. The van der Waals surface area contributed by atoms with Crippen LogP contribution in [-0.4, -0.2) is 40.1 Å². The van der Waals surface area contributed by atoms with Crippen LogP contribution >= 0.6 is 0 Å². The van der Waals surface area contributed by atoms with Gasteiger partial charge in [0, 0.05) is 31.9 Å². The van der Waals surface area contributed by atoms with Crippen molar-refractivity contribution in [1.29, 1.82) is 0 Å². The van der Waals surface area contributed by atoms with Gasteiger partial charge in [0.15, 0.2) is 0 Å². The SMILES string of the molecule is O=C(C(O)Cc1ccncc1)N1CCCCC1. The van der Waals surface area contributed by atoms with Gasteiger partial charge < -0.3 is 10.0 Å². The van der Waals surface area contributed by atoms with Gasteiger partial charge in [0.25, 0.3) is 5.91 Å². The summed E-state index contributed by atoms with van der Waals surface area (Å²) in [7, 11) is 0. The largest absolute Gasteiger partial charge is 0.383 e. The highest BCUT2D eigenvalue weighted by molar-refractivity contribution is 5.81. The summed E-state index contributed by atoms with van der Waals surface area (Å²) in [5.41, 5.74) is 0.942. The van der Waals surface area contributed by atoms with Crippen LogP contribution in [0.4, 0.5) is 0 Å². The van der Waals surface area contributed by atoms with Gasteiger partial charge in [0.1, 0.15) is 6.10 Å². The first-order chi connectivity index (χ1) is 8.27. The van der Waals surface area contributed by atoms with Crippen LogP contribution in [0.2, 0.25) is 0 Å². The van der Waals surface area contributed by atoms with E-state index in [2.05, 4.69) is 4.98 Å². The van der Waals surface area contributed by atoms with Gasteiger partial charge >= 0.3 is 0 Å². The van der Waals surface area contributed by atoms with E-state index >= 15 is 0 Å². The van der Waals surface area contributed by atoms with Gasteiger partial charge in [-0.2, -0.15) is 0 Å². The van der Waals surface area contributed by atoms with Crippen LogP contribution in [0.3, 0.4) is 0 Å². The minimum Gasteiger partial charge on any atom is -0.383 e. The summed E-state index contributed by atoms with van der Waals surface area (Å²) in [5.74, 6) is -0.137. The molecule has 1 aliphatic heterocycles. The van der Waals surface area contributed by atoms with Gasteiger partial charge in [-0.05, 0) is 37.0 Å². The lowest BCUT2D eigenvalue weighted by atomic mass is 10.1. The number of piperidine rings is 1. The summed E-state index contributed by atoms with van der Waals surface area (Å²) in [4.78, 5) is 17.6. The third kappa shape index (κ3) is 3.27. The monoisotopic (exact) mass is 234 g/mol. The zero-order chi connectivity index (χ0) is 12.1. The lowest BCUT2D eigenvalue weighted by Crippen LogP contribution is -2.42. The lowest BCUT2D eigenvalue weighted by Gasteiger charge is -2.28. The number of amides is 1. The highest BCUT2D eigenvalue weighted by atomic mass is 16.3. The van der Waals surface area contributed by atoms with Crippen LogP contribution in [0.5, 0.6) is 0 Å². The average molecular weight is 234 g/mol. The van der Waals surface area contributed by atoms with Crippen molar-refractivity contribution in [1.82, 2.24) is 9.88 Å². The Kier molecular flexibility index (Phi) is 4.09. The molecule has 2 rings (SSSR count). The zero-order valence-electron chi connectivity index (χ0n) is 9.88. The summed E-state index contributed by atoms with van der Waals surface area (Å²) >= 11 is 0. The number of carbonyl (C=O) groups excluding carboxylic acids is 1. The van der Waals surface area contributed by atoms with Crippen LogP contribution in [0, 0.1) is 0 Å². The maximum Gasteiger partial charge on any atom is 0.251 e. The first-order valence-corrected chi connectivity index (χ1v) is 6.13. The third-order valence-electron chi connectivity index (χ3n) is 3.13. The molecular weight excluding hydrogens is 216 g/mol.